The molecule has 1 aromatic carbocycles. The van der Waals surface area contributed by atoms with E-state index in [9.17, 15) is 9.18 Å². The Hall–Kier alpha value is -1.38. The zero-order valence-electron chi connectivity index (χ0n) is 10.5. The molecular weight excluding hydrogens is 217 g/mol. The van der Waals surface area contributed by atoms with E-state index in [-0.39, 0.29) is 23.6 Å². The molecule has 17 heavy (non-hydrogen) atoms. The van der Waals surface area contributed by atoms with Crippen LogP contribution in [0.1, 0.15) is 38.7 Å². The van der Waals surface area contributed by atoms with Crippen LogP contribution < -0.4 is 5.32 Å². The molecule has 1 amide bonds. The Bertz CT molecular complexity index is 442. The van der Waals surface area contributed by atoms with Crippen molar-refractivity contribution in [1.82, 2.24) is 0 Å². The first-order chi connectivity index (χ1) is 7.99. The van der Waals surface area contributed by atoms with Crippen molar-refractivity contribution in [2.45, 2.75) is 33.1 Å². The Balaban J connectivity index is 2.30. The summed E-state index contributed by atoms with van der Waals surface area (Å²) in [6, 6.07) is 4.51. The highest BCUT2D eigenvalue weighted by Crippen LogP contribution is 2.39. The molecule has 0 aliphatic carbocycles. The number of halogens is 1. The maximum atomic E-state index is 13.2. The van der Waals surface area contributed by atoms with Crippen LogP contribution in [0.4, 0.5) is 10.1 Å². The van der Waals surface area contributed by atoms with Crippen molar-refractivity contribution in [3.8, 4) is 0 Å². The van der Waals surface area contributed by atoms with Crippen LogP contribution in [0.3, 0.4) is 0 Å². The lowest BCUT2D eigenvalue weighted by atomic mass is 9.83. The van der Waals surface area contributed by atoms with E-state index in [2.05, 4.69) is 26.1 Å². The van der Waals surface area contributed by atoms with Crippen molar-refractivity contribution in [2.75, 3.05) is 5.32 Å². The number of rotatable bonds is 3. The van der Waals surface area contributed by atoms with Crippen LogP contribution in [0.2, 0.25) is 0 Å². The summed E-state index contributed by atoms with van der Waals surface area (Å²) in [4.78, 5) is 11.9. The fraction of sp³-hybridized carbons (Fsp3) is 0.500. The molecule has 0 fully saturated rings. The summed E-state index contributed by atoms with van der Waals surface area (Å²) in [6.07, 6.45) is 0.966. The van der Waals surface area contributed by atoms with Crippen molar-refractivity contribution in [3.05, 3.63) is 29.6 Å². The van der Waals surface area contributed by atoms with Gasteiger partial charge >= 0.3 is 0 Å². The highest BCUT2D eigenvalue weighted by atomic mass is 19.1. The van der Waals surface area contributed by atoms with Crippen LogP contribution in [-0.4, -0.2) is 5.91 Å². The fourth-order valence-electron chi connectivity index (χ4n) is 2.70. The lowest BCUT2D eigenvalue weighted by Crippen LogP contribution is -2.20. The summed E-state index contributed by atoms with van der Waals surface area (Å²) in [5.41, 5.74) is 1.57. The number of carbonyl (C=O) groups is 1. The SMILES string of the molecule is CC(C)CC(C)C1C(=O)Nc2ccc(F)cc21. The minimum Gasteiger partial charge on any atom is -0.325 e. The maximum absolute atomic E-state index is 13.2. The quantitative estimate of drug-likeness (QED) is 0.853. The van der Waals surface area contributed by atoms with E-state index in [1.54, 1.807) is 6.07 Å². The van der Waals surface area contributed by atoms with E-state index in [0.717, 1.165) is 17.7 Å². The van der Waals surface area contributed by atoms with Gasteiger partial charge in [-0.1, -0.05) is 20.8 Å². The molecule has 2 nitrogen and oxygen atoms in total. The van der Waals surface area contributed by atoms with Gasteiger partial charge in [0.15, 0.2) is 0 Å². The third-order valence-corrected chi connectivity index (χ3v) is 3.30. The first-order valence-electron chi connectivity index (χ1n) is 6.09. The summed E-state index contributed by atoms with van der Waals surface area (Å²) < 4.78 is 13.2. The van der Waals surface area contributed by atoms with Gasteiger partial charge in [0.05, 0.1) is 5.92 Å². The van der Waals surface area contributed by atoms with E-state index >= 15 is 0 Å². The number of amides is 1. The van der Waals surface area contributed by atoms with Crippen LogP contribution in [0.15, 0.2) is 18.2 Å². The number of benzene rings is 1. The molecule has 2 atom stereocenters. The zero-order valence-corrected chi connectivity index (χ0v) is 10.5. The molecule has 2 unspecified atom stereocenters. The van der Waals surface area contributed by atoms with Crippen LogP contribution in [-0.2, 0) is 4.79 Å². The topological polar surface area (TPSA) is 29.1 Å². The zero-order chi connectivity index (χ0) is 12.6. The monoisotopic (exact) mass is 235 g/mol. The Morgan fingerprint density at radius 3 is 2.71 bits per heavy atom. The number of anilines is 1. The Morgan fingerprint density at radius 1 is 1.35 bits per heavy atom. The second-order valence-corrected chi connectivity index (χ2v) is 5.31. The van der Waals surface area contributed by atoms with Crippen molar-refractivity contribution < 1.29 is 9.18 Å². The van der Waals surface area contributed by atoms with E-state index < -0.39 is 0 Å². The number of hydrogen-bond acceptors (Lipinski definition) is 1. The minimum absolute atomic E-state index is 0.00116. The Morgan fingerprint density at radius 2 is 2.06 bits per heavy atom. The molecule has 3 heteroatoms. The largest absolute Gasteiger partial charge is 0.325 e. The van der Waals surface area contributed by atoms with Gasteiger partial charge in [-0.05, 0) is 42.0 Å². The Kier molecular flexibility index (Phi) is 3.18. The third kappa shape index (κ3) is 2.33. The summed E-state index contributed by atoms with van der Waals surface area (Å²) in [7, 11) is 0. The first-order valence-corrected chi connectivity index (χ1v) is 6.09. The van der Waals surface area contributed by atoms with Crippen molar-refractivity contribution in [2.24, 2.45) is 11.8 Å². The van der Waals surface area contributed by atoms with Crippen LogP contribution in [0.25, 0.3) is 0 Å². The smallest absolute Gasteiger partial charge is 0.232 e. The second-order valence-electron chi connectivity index (χ2n) is 5.31. The summed E-state index contributed by atoms with van der Waals surface area (Å²) in [5.74, 6) is 0.289. The molecule has 0 aromatic heterocycles. The van der Waals surface area contributed by atoms with Crippen molar-refractivity contribution >= 4 is 11.6 Å². The number of nitrogens with one attached hydrogen (secondary N) is 1. The maximum Gasteiger partial charge on any atom is 0.232 e. The third-order valence-electron chi connectivity index (χ3n) is 3.30. The van der Waals surface area contributed by atoms with Gasteiger partial charge in [0, 0.05) is 5.69 Å². The average Bonchev–Trinajstić information content (AvgIpc) is 2.52. The van der Waals surface area contributed by atoms with Gasteiger partial charge in [0.1, 0.15) is 5.82 Å². The predicted molar refractivity (Wildman–Crippen MR) is 66.4 cm³/mol. The van der Waals surface area contributed by atoms with Gasteiger partial charge in [0.25, 0.3) is 0 Å². The fourth-order valence-corrected chi connectivity index (χ4v) is 2.70. The van der Waals surface area contributed by atoms with E-state index in [0.29, 0.717) is 5.92 Å². The van der Waals surface area contributed by atoms with E-state index in [4.69, 9.17) is 0 Å². The molecule has 0 saturated heterocycles. The molecular formula is C14H18FNO. The molecule has 0 saturated carbocycles. The molecule has 1 aliphatic rings. The molecule has 1 aromatic rings. The van der Waals surface area contributed by atoms with Gasteiger partial charge < -0.3 is 5.32 Å². The molecule has 1 aliphatic heterocycles. The van der Waals surface area contributed by atoms with Crippen LogP contribution >= 0.6 is 0 Å². The molecule has 0 radical (unpaired) electrons. The van der Waals surface area contributed by atoms with Gasteiger partial charge in [-0.2, -0.15) is 0 Å². The molecule has 0 spiro atoms. The van der Waals surface area contributed by atoms with Gasteiger partial charge in [0.2, 0.25) is 5.91 Å². The number of carbonyl (C=O) groups excluding carboxylic acids is 1. The number of hydrogen-bond donors (Lipinski definition) is 1. The normalized spacial score (nSPS) is 20.3. The summed E-state index contributed by atoms with van der Waals surface area (Å²) in [5, 5.41) is 2.82. The second kappa shape index (κ2) is 4.47. The highest BCUT2D eigenvalue weighted by Gasteiger charge is 2.35. The lowest BCUT2D eigenvalue weighted by molar-refractivity contribution is -0.118. The predicted octanol–water partition coefficient (Wildman–Crippen LogP) is 3.54. The standard InChI is InChI=1S/C14H18FNO/c1-8(2)6-9(3)13-11-7-10(15)4-5-12(11)16-14(13)17/h4-5,7-9,13H,6H2,1-3H3,(H,16,17). The van der Waals surface area contributed by atoms with E-state index in [1.807, 2.05) is 0 Å². The van der Waals surface area contributed by atoms with Crippen molar-refractivity contribution in [3.63, 3.8) is 0 Å². The van der Waals surface area contributed by atoms with E-state index in [1.165, 1.54) is 12.1 Å². The summed E-state index contributed by atoms with van der Waals surface area (Å²) in [6.45, 7) is 6.33. The van der Waals surface area contributed by atoms with Crippen LogP contribution in [0.5, 0.6) is 0 Å². The molecule has 92 valence electrons. The Labute approximate surface area is 101 Å². The summed E-state index contributed by atoms with van der Waals surface area (Å²) >= 11 is 0. The van der Waals surface area contributed by atoms with Crippen LogP contribution in [0, 0.1) is 17.7 Å². The molecule has 2 rings (SSSR count). The molecule has 1 heterocycles. The highest BCUT2D eigenvalue weighted by molar-refractivity contribution is 6.03. The van der Waals surface area contributed by atoms with Crippen molar-refractivity contribution in [1.29, 1.82) is 0 Å². The molecule has 1 N–H and O–H groups in total. The lowest BCUT2D eigenvalue weighted by Gasteiger charge is -2.19. The minimum atomic E-state index is -0.276. The first kappa shape index (κ1) is 12.1. The van der Waals surface area contributed by atoms with Gasteiger partial charge in [-0.3, -0.25) is 4.79 Å². The molecule has 0 bridgehead atoms. The number of fused-ring (bicyclic) bond motifs is 1. The average molecular weight is 235 g/mol. The van der Waals surface area contributed by atoms with Gasteiger partial charge in [-0.25, -0.2) is 4.39 Å². The van der Waals surface area contributed by atoms with Gasteiger partial charge in [-0.15, -0.1) is 0 Å².